The minimum absolute atomic E-state index is 0.0161. The quantitative estimate of drug-likeness (QED) is 0.0371. The van der Waals surface area contributed by atoms with Crippen LogP contribution in [0.1, 0.15) is 107 Å². The van der Waals surface area contributed by atoms with Crippen LogP contribution >= 0.6 is 0 Å². The highest BCUT2D eigenvalue weighted by atomic mass is 16.7. The Morgan fingerprint density at radius 2 is 1.69 bits per heavy atom. The van der Waals surface area contributed by atoms with Crippen molar-refractivity contribution in [1.82, 2.24) is 4.90 Å². The Balaban J connectivity index is 1.29. The first kappa shape index (κ1) is 50.5. The van der Waals surface area contributed by atoms with Crippen molar-refractivity contribution in [3.63, 3.8) is 0 Å². The van der Waals surface area contributed by atoms with Gasteiger partial charge in [-0.2, -0.15) is 0 Å². The van der Waals surface area contributed by atoms with E-state index in [0.29, 0.717) is 73.4 Å². The molecule has 6 atom stereocenters. The van der Waals surface area contributed by atoms with E-state index in [1.165, 1.54) is 20.0 Å². The highest BCUT2D eigenvalue weighted by Gasteiger charge is 2.65. The van der Waals surface area contributed by atoms with Crippen molar-refractivity contribution in [3.05, 3.63) is 114 Å². The van der Waals surface area contributed by atoms with Gasteiger partial charge in [0.05, 0.1) is 38.1 Å². The Morgan fingerprint density at radius 3 is 2.44 bits per heavy atom. The van der Waals surface area contributed by atoms with Crippen molar-refractivity contribution >= 4 is 34.2 Å². The number of benzene rings is 4. The molecule has 374 valence electrons. The maximum absolute atomic E-state index is 15.4. The van der Waals surface area contributed by atoms with Crippen LogP contribution in [0.25, 0.3) is 10.8 Å². The molecule has 3 aliphatic carbocycles. The summed E-state index contributed by atoms with van der Waals surface area (Å²) in [5, 5.41) is 30.0. The molecule has 2 saturated carbocycles. The molecule has 2 fully saturated rings. The number of ether oxygens (including phenoxy) is 5. The fourth-order valence-corrected chi connectivity index (χ4v) is 11.8. The van der Waals surface area contributed by atoms with E-state index < -0.39 is 23.8 Å². The number of nitrogens with zero attached hydrogens (tertiary/aromatic N) is 2. The van der Waals surface area contributed by atoms with Crippen LogP contribution in [0.2, 0.25) is 0 Å². The van der Waals surface area contributed by atoms with Crippen LogP contribution < -0.4 is 24.3 Å². The van der Waals surface area contributed by atoms with E-state index in [1.54, 1.807) is 37.5 Å². The fraction of sp³-hybridized carbons (Fsp3) is 0.491. The number of allylic oxidation sites excluding steroid dienone is 1. The predicted octanol–water partition coefficient (Wildman–Crippen LogP) is 11.1. The number of methoxy groups -OCH3 is 2. The second-order valence-corrected chi connectivity index (χ2v) is 19.1. The third-order valence-corrected chi connectivity index (χ3v) is 15.0. The summed E-state index contributed by atoms with van der Waals surface area (Å²) in [7, 11) is 3.08. The predicted molar refractivity (Wildman–Crippen MR) is 271 cm³/mol. The second kappa shape index (κ2) is 23.8. The van der Waals surface area contributed by atoms with Gasteiger partial charge >= 0.3 is 6.09 Å². The van der Waals surface area contributed by atoms with Gasteiger partial charge in [-0.05, 0) is 109 Å². The van der Waals surface area contributed by atoms with Crippen molar-refractivity contribution in [2.24, 2.45) is 28.8 Å². The van der Waals surface area contributed by atoms with Gasteiger partial charge in [-0.3, -0.25) is 10.1 Å². The van der Waals surface area contributed by atoms with Crippen LogP contribution in [0.5, 0.6) is 23.0 Å². The molecule has 0 radical (unpaired) electrons. The van der Waals surface area contributed by atoms with Gasteiger partial charge in [-0.25, -0.2) is 4.79 Å². The monoisotopic (exact) mass is 958 g/mol. The number of anilines is 1. The Morgan fingerprint density at radius 1 is 0.914 bits per heavy atom. The second-order valence-electron chi connectivity index (χ2n) is 19.1. The summed E-state index contributed by atoms with van der Waals surface area (Å²) in [6.45, 7) is 6.98. The van der Waals surface area contributed by atoms with Gasteiger partial charge < -0.3 is 43.6 Å². The molecule has 70 heavy (non-hydrogen) atoms. The van der Waals surface area contributed by atoms with Gasteiger partial charge in [0.2, 0.25) is 11.7 Å². The molecule has 0 bridgehead atoms. The number of carbonyl (C=O) groups excluding carboxylic acids is 2. The van der Waals surface area contributed by atoms with Crippen molar-refractivity contribution < 1.29 is 48.3 Å². The van der Waals surface area contributed by atoms with Gasteiger partial charge in [0, 0.05) is 50.1 Å². The molecular formula is C57H71N3O10. The van der Waals surface area contributed by atoms with Gasteiger partial charge in [0.25, 0.3) is 0 Å². The van der Waals surface area contributed by atoms with Crippen LogP contribution in [0.15, 0.2) is 108 Å². The average molecular weight is 958 g/mol. The summed E-state index contributed by atoms with van der Waals surface area (Å²) in [6.07, 6.45) is 13.9. The maximum Gasteiger partial charge on any atom is 0.417 e. The van der Waals surface area contributed by atoms with Crippen molar-refractivity contribution in [2.75, 3.05) is 46.0 Å². The lowest BCUT2D eigenvalue weighted by molar-refractivity contribution is -0.258. The molecule has 2 amide bonds. The smallest absolute Gasteiger partial charge is 0.417 e. The first-order valence-electron chi connectivity index (χ1n) is 25.4. The largest absolute Gasteiger partial charge is 0.497 e. The summed E-state index contributed by atoms with van der Waals surface area (Å²) in [5.74, 6) is 0.151. The number of rotatable bonds is 23. The Hall–Kier alpha value is -5.89. The van der Waals surface area contributed by atoms with Crippen molar-refractivity contribution in [3.8, 4) is 23.0 Å². The maximum atomic E-state index is 15.4. The fourth-order valence-electron chi connectivity index (χ4n) is 11.8. The molecule has 3 N–H and O–H groups in total. The zero-order chi connectivity index (χ0) is 49.0. The van der Waals surface area contributed by atoms with Crippen LogP contribution in [0.3, 0.4) is 0 Å². The first-order valence-corrected chi connectivity index (χ1v) is 25.4. The summed E-state index contributed by atoms with van der Waals surface area (Å²) in [5.41, 5.74) is 3.95. The summed E-state index contributed by atoms with van der Waals surface area (Å²) in [6, 6.07) is 24.5. The highest BCUT2D eigenvalue weighted by molar-refractivity contribution is 6.03. The lowest BCUT2D eigenvalue weighted by atomic mass is 9.55. The number of hydrogen-bond acceptors (Lipinski definition) is 11. The standard InChI is InChI=1S/C57H71N3O10/c1-5-32-67-57-52(60(53(63)29-24-38-16-7-8-17-38)37-41-21-15-20-39-18-9-10-22-44(39)41)36-49(59-68-6-2)46-33-40(19-11-13-30-61)45(23-12-14-31-62)54(55(46)57)47-34-43(26-28-50(47)70-57)69-56(64)58-48-27-25-42(65-3)35-51(48)66-4/h5,9-10,15,18,20-22,25-28,33-35,38,40,45,52,54-55,61-62H,1,6-8,11-14,16-17,19,23-24,29-32,36-37H2,2-4H3,(H,58,64)/t40-,45+,52-,54+,55+,57+/m0/s1. The summed E-state index contributed by atoms with van der Waals surface area (Å²) in [4.78, 5) is 37.2. The highest BCUT2D eigenvalue weighted by Crippen LogP contribution is 2.62. The van der Waals surface area contributed by atoms with Crippen LogP contribution in [0.4, 0.5) is 10.5 Å². The van der Waals surface area contributed by atoms with Gasteiger partial charge in [0.15, 0.2) is 0 Å². The van der Waals surface area contributed by atoms with E-state index >= 15 is 4.79 Å². The molecule has 1 heterocycles. The summed E-state index contributed by atoms with van der Waals surface area (Å²) >= 11 is 0. The zero-order valence-corrected chi connectivity index (χ0v) is 41.1. The number of hydrogen-bond donors (Lipinski definition) is 3. The van der Waals surface area contributed by atoms with Crippen molar-refractivity contribution in [1.29, 1.82) is 0 Å². The van der Waals surface area contributed by atoms with E-state index in [9.17, 15) is 15.0 Å². The third-order valence-electron chi connectivity index (χ3n) is 15.0. The van der Waals surface area contributed by atoms with E-state index in [4.69, 9.17) is 33.7 Å². The molecule has 4 aromatic carbocycles. The number of amides is 2. The topological polar surface area (TPSA) is 158 Å². The number of oxime groups is 1. The number of aliphatic hydroxyl groups excluding tert-OH is 2. The molecule has 0 unspecified atom stereocenters. The molecule has 1 aliphatic heterocycles. The number of unbranched alkanes of at least 4 members (excludes halogenated alkanes) is 2. The van der Waals surface area contributed by atoms with E-state index in [-0.39, 0.29) is 43.5 Å². The van der Waals surface area contributed by atoms with E-state index in [1.807, 2.05) is 36.1 Å². The number of carbonyl (C=O) groups is 2. The minimum atomic E-state index is -1.44. The SMILES string of the molecule is C=CCO[C@@]12Oc3ccc(OC(=O)Nc4ccc(OC)cc4OC)cc3[C@H]3[C@H](CCCCO)[C@@H](CCCCO)C=C(C(=NOCC)C[C@@H]1N(Cc1cccc4ccccc14)C(=O)CCC1CCCC1)[C@H]32. The lowest BCUT2D eigenvalue weighted by Gasteiger charge is -2.60. The molecular weight excluding hydrogens is 887 g/mol. The minimum Gasteiger partial charge on any atom is -0.497 e. The van der Waals surface area contributed by atoms with E-state index in [2.05, 4.69) is 48.3 Å². The van der Waals surface area contributed by atoms with Crippen molar-refractivity contribution in [2.45, 2.75) is 115 Å². The number of aliphatic hydroxyl groups is 2. The Labute approximate surface area is 412 Å². The van der Waals surface area contributed by atoms with Crippen LogP contribution in [0, 0.1) is 23.7 Å². The summed E-state index contributed by atoms with van der Waals surface area (Å²) < 4.78 is 31.8. The molecule has 4 aromatic rings. The molecule has 13 heteroatoms. The first-order chi connectivity index (χ1) is 34.2. The molecule has 0 saturated heterocycles. The van der Waals surface area contributed by atoms with Gasteiger partial charge in [-0.15, -0.1) is 6.58 Å². The van der Waals surface area contributed by atoms with E-state index in [0.717, 1.165) is 78.1 Å². The lowest BCUT2D eigenvalue weighted by Crippen LogP contribution is -2.70. The Kier molecular flexibility index (Phi) is 17.2. The van der Waals surface area contributed by atoms with Crippen LogP contribution in [-0.2, 0) is 20.9 Å². The number of fused-ring (bicyclic) bond motifs is 3. The van der Waals surface area contributed by atoms with Crippen LogP contribution in [-0.4, -0.2) is 85.3 Å². The molecule has 0 aromatic heterocycles. The number of nitrogens with one attached hydrogen (secondary N) is 1. The molecule has 8 rings (SSSR count). The Bertz CT molecular complexity index is 2500. The molecule has 0 spiro atoms. The molecule has 4 aliphatic rings. The van der Waals surface area contributed by atoms with Gasteiger partial charge in [0.1, 0.15) is 35.6 Å². The van der Waals surface area contributed by atoms with Gasteiger partial charge in [-0.1, -0.05) is 98.3 Å². The normalized spacial score (nSPS) is 23.1. The molecule has 13 nitrogen and oxygen atoms in total. The zero-order valence-electron chi connectivity index (χ0n) is 41.1. The average Bonchev–Trinajstić information content (AvgIpc) is 3.91. The third kappa shape index (κ3) is 11.0.